The number of nitrogens with one attached hydrogen (secondary N) is 1. The molecule has 0 aromatic heterocycles. The zero-order valence-electron chi connectivity index (χ0n) is 11.3. The quantitative estimate of drug-likeness (QED) is 0.613. The van der Waals surface area contributed by atoms with Crippen LogP contribution in [0, 0.1) is 0 Å². The van der Waals surface area contributed by atoms with E-state index in [9.17, 15) is 13.2 Å². The fourth-order valence-electron chi connectivity index (χ4n) is 1.44. The van der Waals surface area contributed by atoms with Gasteiger partial charge in [0.05, 0.1) is 28.3 Å². The molecule has 9 heteroatoms. The summed E-state index contributed by atoms with van der Waals surface area (Å²) < 4.78 is 28.0. The molecule has 5 nitrogen and oxygen atoms in total. The average Bonchev–Trinajstić information content (AvgIpc) is 2.32. The largest absolute Gasteiger partial charge is 0.377 e. The maximum absolute atomic E-state index is 12.0. The molecule has 0 heterocycles. The van der Waals surface area contributed by atoms with Gasteiger partial charge in [0, 0.05) is 17.2 Å². The van der Waals surface area contributed by atoms with Gasteiger partial charge in [-0.1, -0.05) is 23.2 Å². The van der Waals surface area contributed by atoms with Crippen molar-refractivity contribution in [3.05, 3.63) is 27.7 Å². The number of amides is 1. The van der Waals surface area contributed by atoms with Crippen LogP contribution in [0.3, 0.4) is 0 Å². The van der Waals surface area contributed by atoms with Crippen LogP contribution in [-0.2, 0) is 13.8 Å². The molecule has 0 aliphatic heterocycles. The van der Waals surface area contributed by atoms with Crippen LogP contribution in [-0.4, -0.2) is 33.6 Å². The number of carbonyl (C=O) groups excluding carboxylic acids is 1. The predicted octanol–water partition coefficient (Wildman–Crippen LogP) is 3.08. The van der Waals surface area contributed by atoms with Gasteiger partial charge in [0.2, 0.25) is 0 Å². The SMILES string of the molecule is CC(C)OCCNC(=O)c1cc(S(=O)(=O)Cl)c(Cl)cc1Cl. The van der Waals surface area contributed by atoms with Crippen molar-refractivity contribution in [2.24, 2.45) is 0 Å². The van der Waals surface area contributed by atoms with Crippen LogP contribution in [0.2, 0.25) is 10.0 Å². The summed E-state index contributed by atoms with van der Waals surface area (Å²) in [4.78, 5) is 11.6. The van der Waals surface area contributed by atoms with Crippen LogP contribution in [0.5, 0.6) is 0 Å². The predicted molar refractivity (Wildman–Crippen MR) is 82.9 cm³/mol. The second kappa shape index (κ2) is 7.65. The zero-order valence-corrected chi connectivity index (χ0v) is 14.4. The second-order valence-corrected chi connectivity index (χ2v) is 7.72. The monoisotopic (exact) mass is 373 g/mol. The Morgan fingerprint density at radius 3 is 2.43 bits per heavy atom. The Labute approximate surface area is 137 Å². The highest BCUT2D eigenvalue weighted by molar-refractivity contribution is 8.13. The fourth-order valence-corrected chi connectivity index (χ4v) is 3.27. The summed E-state index contributed by atoms with van der Waals surface area (Å²) in [6.07, 6.45) is 0.0500. The van der Waals surface area contributed by atoms with E-state index >= 15 is 0 Å². The van der Waals surface area contributed by atoms with Crippen LogP contribution in [0.25, 0.3) is 0 Å². The molecule has 0 unspecified atom stereocenters. The van der Waals surface area contributed by atoms with Gasteiger partial charge < -0.3 is 10.1 Å². The number of rotatable bonds is 6. The van der Waals surface area contributed by atoms with Gasteiger partial charge in [-0.3, -0.25) is 4.79 Å². The smallest absolute Gasteiger partial charge is 0.262 e. The molecule has 1 rings (SSSR count). The van der Waals surface area contributed by atoms with E-state index < -0.39 is 15.0 Å². The maximum Gasteiger partial charge on any atom is 0.262 e. The van der Waals surface area contributed by atoms with E-state index in [0.29, 0.717) is 6.61 Å². The van der Waals surface area contributed by atoms with Crippen molar-refractivity contribution in [3.63, 3.8) is 0 Å². The van der Waals surface area contributed by atoms with Crippen LogP contribution < -0.4 is 5.32 Å². The van der Waals surface area contributed by atoms with Gasteiger partial charge in [0.15, 0.2) is 0 Å². The molecule has 0 aliphatic rings. The van der Waals surface area contributed by atoms with E-state index in [1.165, 1.54) is 0 Å². The molecule has 0 saturated carbocycles. The molecule has 1 aromatic rings. The Kier molecular flexibility index (Phi) is 6.74. The molecule has 0 radical (unpaired) electrons. The normalized spacial score (nSPS) is 11.7. The molecular weight excluding hydrogens is 361 g/mol. The third-order valence-corrected chi connectivity index (χ3v) is 4.47. The van der Waals surface area contributed by atoms with Crippen LogP contribution in [0.4, 0.5) is 0 Å². The van der Waals surface area contributed by atoms with E-state index in [2.05, 4.69) is 5.32 Å². The molecule has 1 aromatic carbocycles. The molecule has 0 bridgehead atoms. The molecule has 0 saturated heterocycles. The van der Waals surface area contributed by atoms with Crippen LogP contribution in [0.15, 0.2) is 17.0 Å². The summed E-state index contributed by atoms with van der Waals surface area (Å²) in [7, 11) is 1.18. The number of carbonyl (C=O) groups is 1. The molecule has 0 aliphatic carbocycles. The first kappa shape index (κ1) is 18.5. The number of hydrogen-bond acceptors (Lipinski definition) is 4. The zero-order chi connectivity index (χ0) is 16.2. The van der Waals surface area contributed by atoms with Crippen molar-refractivity contribution in [2.75, 3.05) is 13.2 Å². The van der Waals surface area contributed by atoms with E-state index in [0.717, 1.165) is 12.1 Å². The van der Waals surface area contributed by atoms with Gasteiger partial charge >= 0.3 is 0 Å². The molecular formula is C12H14Cl3NO4S. The van der Waals surface area contributed by atoms with E-state index in [1.807, 2.05) is 13.8 Å². The van der Waals surface area contributed by atoms with Crippen molar-refractivity contribution < 1.29 is 17.9 Å². The first-order chi connectivity index (χ1) is 9.62. The topological polar surface area (TPSA) is 72.5 Å². The Morgan fingerprint density at radius 1 is 1.29 bits per heavy atom. The highest BCUT2D eigenvalue weighted by Gasteiger charge is 2.20. The molecule has 21 heavy (non-hydrogen) atoms. The summed E-state index contributed by atoms with van der Waals surface area (Å²) in [5, 5.41) is 2.45. The lowest BCUT2D eigenvalue weighted by Gasteiger charge is -2.10. The molecule has 0 spiro atoms. The summed E-state index contributed by atoms with van der Waals surface area (Å²) in [6.45, 7) is 4.33. The lowest BCUT2D eigenvalue weighted by atomic mass is 10.2. The lowest BCUT2D eigenvalue weighted by molar-refractivity contribution is 0.0746. The molecule has 118 valence electrons. The molecule has 1 N–H and O–H groups in total. The number of ether oxygens (including phenoxy) is 1. The van der Waals surface area contributed by atoms with Gasteiger partial charge in [-0.25, -0.2) is 8.42 Å². The number of halogens is 3. The summed E-state index contributed by atoms with van der Waals surface area (Å²) in [6, 6.07) is 2.21. The second-order valence-electron chi connectivity index (χ2n) is 4.38. The van der Waals surface area contributed by atoms with Gasteiger partial charge in [0.1, 0.15) is 4.90 Å². The minimum absolute atomic E-state index is 0.0233. The Balaban J connectivity index is 2.90. The lowest BCUT2D eigenvalue weighted by Crippen LogP contribution is -2.28. The van der Waals surface area contributed by atoms with Gasteiger partial charge in [-0.05, 0) is 26.0 Å². The fraction of sp³-hybridized carbons (Fsp3) is 0.417. The minimum atomic E-state index is -4.07. The maximum atomic E-state index is 12.0. The van der Waals surface area contributed by atoms with Crippen molar-refractivity contribution >= 4 is 48.8 Å². The van der Waals surface area contributed by atoms with Crippen molar-refractivity contribution in [1.82, 2.24) is 5.32 Å². The van der Waals surface area contributed by atoms with E-state index in [-0.39, 0.29) is 33.2 Å². The van der Waals surface area contributed by atoms with E-state index in [1.54, 1.807) is 0 Å². The molecule has 0 fully saturated rings. The minimum Gasteiger partial charge on any atom is -0.377 e. The summed E-state index contributed by atoms with van der Waals surface area (Å²) in [5.41, 5.74) is -0.0233. The molecule has 0 atom stereocenters. The standard InChI is InChI=1S/C12H14Cl3NO4S/c1-7(2)20-4-3-16-12(17)8-5-11(21(15,18)19)10(14)6-9(8)13/h5-7H,3-4H2,1-2H3,(H,16,17). The highest BCUT2D eigenvalue weighted by Crippen LogP contribution is 2.30. The van der Waals surface area contributed by atoms with Crippen LogP contribution in [0.1, 0.15) is 24.2 Å². The van der Waals surface area contributed by atoms with E-state index in [4.69, 9.17) is 38.6 Å². The first-order valence-electron chi connectivity index (χ1n) is 5.96. The van der Waals surface area contributed by atoms with Crippen molar-refractivity contribution in [3.8, 4) is 0 Å². The average molecular weight is 375 g/mol. The third kappa shape index (κ3) is 5.64. The van der Waals surface area contributed by atoms with Gasteiger partial charge in [-0.15, -0.1) is 0 Å². The Morgan fingerprint density at radius 2 is 1.90 bits per heavy atom. The number of benzene rings is 1. The van der Waals surface area contributed by atoms with Crippen LogP contribution >= 0.6 is 33.9 Å². The number of hydrogen-bond donors (Lipinski definition) is 1. The van der Waals surface area contributed by atoms with Gasteiger partial charge in [-0.2, -0.15) is 0 Å². The summed E-state index contributed by atoms with van der Waals surface area (Å²) >= 11 is 11.6. The van der Waals surface area contributed by atoms with Crippen molar-refractivity contribution in [1.29, 1.82) is 0 Å². The molecule has 1 amide bonds. The third-order valence-electron chi connectivity index (χ3n) is 2.37. The van der Waals surface area contributed by atoms with Crippen molar-refractivity contribution in [2.45, 2.75) is 24.8 Å². The summed E-state index contributed by atoms with van der Waals surface area (Å²) in [5.74, 6) is -0.536. The van der Waals surface area contributed by atoms with Gasteiger partial charge in [0.25, 0.3) is 15.0 Å². The highest BCUT2D eigenvalue weighted by atomic mass is 35.7. The first-order valence-corrected chi connectivity index (χ1v) is 9.03. The Hall–Kier alpha value is -0.530. The Bertz CT molecular complexity index is 632.